The van der Waals surface area contributed by atoms with Crippen molar-refractivity contribution in [2.24, 2.45) is 0 Å². The number of hydrogen-bond acceptors (Lipinski definition) is 6. The van der Waals surface area contributed by atoms with E-state index < -0.39 is 40.5 Å². The molecule has 0 aliphatic heterocycles. The number of benzene rings is 2. The van der Waals surface area contributed by atoms with Crippen LogP contribution in [-0.4, -0.2) is 32.8 Å². The van der Waals surface area contributed by atoms with E-state index in [0.717, 1.165) is 7.11 Å². The van der Waals surface area contributed by atoms with Gasteiger partial charge in [-0.3, -0.25) is 4.79 Å². The SMILES string of the molecule is CCc1nnc2sc(-c3ccc(NC(=O)c4c(F)c(F)c(OC)c(F)c4F)cc3)nn12. The van der Waals surface area contributed by atoms with Gasteiger partial charge >= 0.3 is 0 Å². The third-order valence-electron chi connectivity index (χ3n) is 4.42. The van der Waals surface area contributed by atoms with Crippen LogP contribution in [0.5, 0.6) is 5.75 Å². The number of anilines is 1. The molecule has 0 bridgehead atoms. The number of nitrogens with zero attached hydrogens (tertiary/aromatic N) is 4. The molecule has 1 amide bonds. The molecule has 7 nitrogen and oxygen atoms in total. The maximum atomic E-state index is 14.1. The molecular formula is C19H13F4N5O2S. The fourth-order valence-electron chi connectivity index (χ4n) is 2.87. The van der Waals surface area contributed by atoms with E-state index in [1.807, 2.05) is 6.92 Å². The molecule has 4 aromatic rings. The summed E-state index contributed by atoms with van der Waals surface area (Å²) in [6, 6.07) is 6.16. The van der Waals surface area contributed by atoms with Gasteiger partial charge in [0.1, 0.15) is 10.6 Å². The van der Waals surface area contributed by atoms with Crippen molar-refractivity contribution in [1.29, 1.82) is 0 Å². The Morgan fingerprint density at radius 3 is 2.29 bits per heavy atom. The highest BCUT2D eigenvalue weighted by Gasteiger charge is 2.30. The van der Waals surface area contributed by atoms with Crippen LogP contribution in [0.3, 0.4) is 0 Å². The fraction of sp³-hybridized carbons (Fsp3) is 0.158. The van der Waals surface area contributed by atoms with Crippen molar-refractivity contribution < 1.29 is 27.1 Å². The van der Waals surface area contributed by atoms with Crippen LogP contribution in [0.25, 0.3) is 15.5 Å². The number of methoxy groups -OCH3 is 1. The van der Waals surface area contributed by atoms with Crippen molar-refractivity contribution in [3.05, 3.63) is 58.9 Å². The monoisotopic (exact) mass is 451 g/mol. The number of hydrogen-bond donors (Lipinski definition) is 1. The smallest absolute Gasteiger partial charge is 0.261 e. The minimum atomic E-state index is -1.85. The summed E-state index contributed by atoms with van der Waals surface area (Å²) in [4.78, 5) is 12.9. The van der Waals surface area contributed by atoms with Gasteiger partial charge in [-0.05, 0) is 24.3 Å². The highest BCUT2D eigenvalue weighted by molar-refractivity contribution is 7.19. The van der Waals surface area contributed by atoms with E-state index in [1.54, 1.807) is 16.6 Å². The van der Waals surface area contributed by atoms with Crippen LogP contribution in [0.15, 0.2) is 24.3 Å². The maximum absolute atomic E-state index is 14.1. The van der Waals surface area contributed by atoms with E-state index in [0.29, 0.717) is 27.8 Å². The first-order chi connectivity index (χ1) is 14.8. The summed E-state index contributed by atoms with van der Waals surface area (Å²) >= 11 is 1.31. The highest BCUT2D eigenvalue weighted by Crippen LogP contribution is 2.31. The molecule has 2 heterocycles. The minimum absolute atomic E-state index is 0.154. The van der Waals surface area contributed by atoms with Crippen LogP contribution in [-0.2, 0) is 6.42 Å². The Kier molecular flexibility index (Phi) is 5.31. The largest absolute Gasteiger partial charge is 0.491 e. The topological polar surface area (TPSA) is 81.4 Å². The van der Waals surface area contributed by atoms with Gasteiger partial charge in [0.2, 0.25) is 16.6 Å². The van der Waals surface area contributed by atoms with E-state index >= 15 is 0 Å². The standard InChI is InChI=1S/C19H13F4N5O2S/c1-3-10-25-26-19-28(10)27-18(31-19)8-4-6-9(7-5-8)24-17(29)11-12(20)14(22)16(30-2)15(23)13(11)21/h4-7H,3H2,1-2H3,(H,24,29). The molecule has 0 atom stereocenters. The summed E-state index contributed by atoms with van der Waals surface area (Å²) in [5.41, 5.74) is -0.531. The predicted molar refractivity (Wildman–Crippen MR) is 104 cm³/mol. The van der Waals surface area contributed by atoms with Gasteiger partial charge in [-0.2, -0.15) is 18.4 Å². The number of aryl methyl sites for hydroxylation is 1. The molecule has 12 heteroatoms. The number of rotatable bonds is 5. The molecule has 2 aromatic carbocycles. The maximum Gasteiger partial charge on any atom is 0.261 e. The molecule has 0 spiro atoms. The van der Waals surface area contributed by atoms with Gasteiger partial charge in [-0.15, -0.1) is 10.2 Å². The molecular weight excluding hydrogens is 438 g/mol. The number of aromatic nitrogens is 4. The Morgan fingerprint density at radius 1 is 1.06 bits per heavy atom. The van der Waals surface area contributed by atoms with Crippen molar-refractivity contribution in [1.82, 2.24) is 19.8 Å². The molecule has 0 saturated heterocycles. The molecule has 4 rings (SSSR count). The number of fused-ring (bicyclic) bond motifs is 1. The first-order valence-corrected chi connectivity index (χ1v) is 9.70. The second-order valence-corrected chi connectivity index (χ2v) is 7.22. The number of nitrogens with one attached hydrogen (secondary N) is 1. The molecule has 160 valence electrons. The van der Waals surface area contributed by atoms with Crippen molar-refractivity contribution in [3.63, 3.8) is 0 Å². The second-order valence-electron chi connectivity index (χ2n) is 6.27. The van der Waals surface area contributed by atoms with Gasteiger partial charge < -0.3 is 10.1 Å². The van der Waals surface area contributed by atoms with Crippen LogP contribution < -0.4 is 10.1 Å². The van der Waals surface area contributed by atoms with Gasteiger partial charge in [-0.25, -0.2) is 8.78 Å². The average Bonchev–Trinajstić information content (AvgIpc) is 3.34. The molecule has 0 unspecified atom stereocenters. The lowest BCUT2D eigenvalue weighted by molar-refractivity contribution is 0.101. The third kappa shape index (κ3) is 3.48. The Labute approximate surface area is 176 Å². The predicted octanol–water partition coefficient (Wildman–Crippen LogP) is 4.23. The van der Waals surface area contributed by atoms with Crippen LogP contribution in [0, 0.1) is 23.3 Å². The lowest BCUT2D eigenvalue weighted by atomic mass is 10.1. The van der Waals surface area contributed by atoms with Gasteiger partial charge in [0, 0.05) is 17.7 Å². The number of carbonyl (C=O) groups is 1. The van der Waals surface area contributed by atoms with Crippen LogP contribution in [0.1, 0.15) is 23.1 Å². The van der Waals surface area contributed by atoms with Gasteiger partial charge in [0.15, 0.2) is 23.2 Å². The van der Waals surface area contributed by atoms with Crippen LogP contribution in [0.2, 0.25) is 0 Å². The number of amides is 1. The van der Waals surface area contributed by atoms with Crippen molar-refractivity contribution in [3.8, 4) is 16.3 Å². The van der Waals surface area contributed by atoms with E-state index in [-0.39, 0.29) is 5.69 Å². The molecule has 2 aromatic heterocycles. The molecule has 0 aliphatic rings. The fourth-order valence-corrected chi connectivity index (χ4v) is 3.74. The van der Waals surface area contributed by atoms with E-state index in [2.05, 4.69) is 25.3 Å². The van der Waals surface area contributed by atoms with Crippen molar-refractivity contribution >= 4 is 27.9 Å². The Bertz CT molecular complexity index is 1270. The van der Waals surface area contributed by atoms with Gasteiger partial charge in [0.25, 0.3) is 5.91 Å². The zero-order valence-corrected chi connectivity index (χ0v) is 16.9. The minimum Gasteiger partial charge on any atom is -0.491 e. The first kappa shape index (κ1) is 20.7. The molecule has 31 heavy (non-hydrogen) atoms. The summed E-state index contributed by atoms with van der Waals surface area (Å²) in [6.07, 6.45) is 0.662. The lowest BCUT2D eigenvalue weighted by Gasteiger charge is -2.11. The average molecular weight is 451 g/mol. The van der Waals surface area contributed by atoms with E-state index in [1.165, 1.54) is 23.5 Å². The Balaban J connectivity index is 1.59. The first-order valence-electron chi connectivity index (χ1n) is 8.88. The lowest BCUT2D eigenvalue weighted by Crippen LogP contribution is -2.18. The summed E-state index contributed by atoms with van der Waals surface area (Å²) in [5, 5.41) is 15.4. The van der Waals surface area contributed by atoms with E-state index in [9.17, 15) is 22.4 Å². The number of halogens is 4. The Morgan fingerprint density at radius 2 is 1.71 bits per heavy atom. The summed E-state index contributed by atoms with van der Waals surface area (Å²) < 4.78 is 61.9. The van der Waals surface area contributed by atoms with Crippen molar-refractivity contribution in [2.45, 2.75) is 13.3 Å². The molecule has 0 radical (unpaired) electrons. The van der Waals surface area contributed by atoms with Gasteiger partial charge in [0.05, 0.1) is 7.11 Å². The number of carbonyl (C=O) groups excluding carboxylic acids is 1. The summed E-state index contributed by atoms with van der Waals surface area (Å²) in [5.74, 6) is -9.17. The van der Waals surface area contributed by atoms with Crippen LogP contribution in [0.4, 0.5) is 23.2 Å². The highest BCUT2D eigenvalue weighted by atomic mass is 32.1. The van der Waals surface area contributed by atoms with Crippen molar-refractivity contribution in [2.75, 3.05) is 12.4 Å². The summed E-state index contributed by atoms with van der Waals surface area (Å²) in [6.45, 7) is 1.93. The third-order valence-corrected chi connectivity index (χ3v) is 5.36. The molecule has 0 saturated carbocycles. The normalized spacial score (nSPS) is 11.2. The van der Waals surface area contributed by atoms with Gasteiger partial charge in [-0.1, -0.05) is 18.3 Å². The quantitative estimate of drug-likeness (QED) is 0.363. The summed E-state index contributed by atoms with van der Waals surface area (Å²) in [7, 11) is 0.848. The molecule has 0 aliphatic carbocycles. The Hall–Kier alpha value is -3.54. The number of ether oxygens (including phenoxy) is 1. The van der Waals surface area contributed by atoms with E-state index in [4.69, 9.17) is 0 Å². The van der Waals surface area contributed by atoms with Crippen LogP contribution >= 0.6 is 11.3 Å². The molecule has 0 fully saturated rings. The second kappa shape index (κ2) is 7.95. The zero-order valence-electron chi connectivity index (χ0n) is 16.0. The molecule has 1 N–H and O–H groups in total. The zero-order chi connectivity index (χ0) is 22.3.